The molecule has 112 valence electrons. The van der Waals surface area contributed by atoms with Crippen LogP contribution >= 0.6 is 31.9 Å². The van der Waals surface area contributed by atoms with Crippen molar-refractivity contribution in [3.8, 4) is 0 Å². The van der Waals surface area contributed by atoms with Gasteiger partial charge in [-0.05, 0) is 58.7 Å². The average Bonchev–Trinajstić information content (AvgIpc) is 2.37. The van der Waals surface area contributed by atoms with E-state index < -0.39 is 20.7 Å². The Kier molecular flexibility index (Phi) is 4.60. The third-order valence-electron chi connectivity index (χ3n) is 2.71. The molecule has 0 amide bonds. The average molecular weight is 438 g/mol. The summed E-state index contributed by atoms with van der Waals surface area (Å²) in [4.78, 5) is -0.477. The summed E-state index contributed by atoms with van der Waals surface area (Å²) in [5.74, 6) is -0.815. The maximum Gasteiger partial charge on any atom is 0.264 e. The SMILES string of the molecule is Cc1cc(N)cc(S(=O)(=O)Nc2ccc(Br)cc2Br)c1F. The van der Waals surface area contributed by atoms with E-state index in [0.717, 1.165) is 10.5 Å². The van der Waals surface area contributed by atoms with Gasteiger partial charge in [-0.1, -0.05) is 15.9 Å². The Balaban J connectivity index is 2.48. The lowest BCUT2D eigenvalue weighted by atomic mass is 10.2. The summed E-state index contributed by atoms with van der Waals surface area (Å²) in [5, 5.41) is 0. The maximum atomic E-state index is 14.1. The number of hydrogen-bond donors (Lipinski definition) is 2. The van der Waals surface area contributed by atoms with Crippen LogP contribution in [0, 0.1) is 12.7 Å². The molecule has 0 aliphatic carbocycles. The van der Waals surface area contributed by atoms with E-state index in [1.54, 1.807) is 18.2 Å². The molecule has 4 nitrogen and oxygen atoms in total. The molecule has 0 saturated carbocycles. The lowest BCUT2D eigenvalue weighted by Crippen LogP contribution is -2.16. The largest absolute Gasteiger partial charge is 0.399 e. The number of anilines is 2. The lowest BCUT2D eigenvalue weighted by Gasteiger charge is -2.12. The van der Waals surface area contributed by atoms with Gasteiger partial charge in [-0.3, -0.25) is 4.72 Å². The first-order chi connectivity index (χ1) is 9.70. The van der Waals surface area contributed by atoms with Crippen LogP contribution in [0.1, 0.15) is 5.56 Å². The monoisotopic (exact) mass is 436 g/mol. The Labute approximate surface area is 138 Å². The molecule has 0 saturated heterocycles. The third kappa shape index (κ3) is 3.56. The fraction of sp³-hybridized carbons (Fsp3) is 0.0769. The number of sulfonamides is 1. The highest BCUT2D eigenvalue weighted by molar-refractivity contribution is 9.11. The molecule has 21 heavy (non-hydrogen) atoms. The standard InChI is InChI=1S/C13H11Br2FN2O2S/c1-7-4-9(17)6-12(13(7)16)21(19,20)18-11-3-2-8(14)5-10(11)15/h2-6,18H,17H2,1H3. The molecule has 0 heterocycles. The highest BCUT2D eigenvalue weighted by atomic mass is 79.9. The molecule has 0 bridgehead atoms. The molecule has 8 heteroatoms. The van der Waals surface area contributed by atoms with E-state index in [9.17, 15) is 12.8 Å². The van der Waals surface area contributed by atoms with E-state index in [-0.39, 0.29) is 11.3 Å². The summed E-state index contributed by atoms with van der Waals surface area (Å²) >= 11 is 6.51. The number of rotatable bonds is 3. The predicted molar refractivity (Wildman–Crippen MR) is 88.2 cm³/mol. The summed E-state index contributed by atoms with van der Waals surface area (Å²) in [6.45, 7) is 1.46. The van der Waals surface area contributed by atoms with Gasteiger partial charge in [0.05, 0.1) is 5.69 Å². The minimum absolute atomic E-state index is 0.172. The molecule has 0 spiro atoms. The number of nitrogens with two attached hydrogens (primary N) is 1. The Hall–Kier alpha value is -1.12. The van der Waals surface area contributed by atoms with Crippen LogP contribution in [0.5, 0.6) is 0 Å². The second kappa shape index (κ2) is 5.94. The van der Waals surface area contributed by atoms with E-state index >= 15 is 0 Å². The molecule has 3 N–H and O–H groups in total. The fourth-order valence-electron chi connectivity index (χ4n) is 1.73. The summed E-state index contributed by atoms with van der Waals surface area (Å²) in [5.41, 5.74) is 6.25. The van der Waals surface area contributed by atoms with Gasteiger partial charge in [0.1, 0.15) is 10.7 Å². The highest BCUT2D eigenvalue weighted by Crippen LogP contribution is 2.29. The normalized spacial score (nSPS) is 11.4. The molecular formula is C13H11Br2FN2O2S. The van der Waals surface area contributed by atoms with E-state index in [0.29, 0.717) is 10.2 Å². The minimum atomic E-state index is -4.07. The van der Waals surface area contributed by atoms with Gasteiger partial charge in [-0.15, -0.1) is 0 Å². The molecule has 2 rings (SSSR count). The number of halogens is 3. The Morgan fingerprint density at radius 1 is 1.19 bits per heavy atom. The van der Waals surface area contributed by atoms with E-state index in [1.165, 1.54) is 13.0 Å². The molecule has 0 aromatic heterocycles. The number of benzene rings is 2. The van der Waals surface area contributed by atoms with Crippen LogP contribution in [0.25, 0.3) is 0 Å². The molecule has 0 aliphatic rings. The molecule has 2 aromatic rings. The quantitative estimate of drug-likeness (QED) is 0.711. The summed E-state index contributed by atoms with van der Waals surface area (Å²) in [7, 11) is -4.07. The summed E-state index contributed by atoms with van der Waals surface area (Å²) in [6.07, 6.45) is 0. The first kappa shape index (κ1) is 16.3. The zero-order valence-corrected chi connectivity index (χ0v) is 14.8. The topological polar surface area (TPSA) is 72.2 Å². The van der Waals surface area contributed by atoms with Gasteiger partial charge in [0.15, 0.2) is 0 Å². The van der Waals surface area contributed by atoms with Gasteiger partial charge in [0.25, 0.3) is 10.0 Å². The van der Waals surface area contributed by atoms with Gasteiger partial charge in [0, 0.05) is 14.6 Å². The summed E-state index contributed by atoms with van der Waals surface area (Å²) < 4.78 is 42.3. The van der Waals surface area contributed by atoms with Crippen molar-refractivity contribution in [2.75, 3.05) is 10.5 Å². The smallest absolute Gasteiger partial charge is 0.264 e. The zero-order chi connectivity index (χ0) is 15.8. The molecule has 0 aliphatic heterocycles. The van der Waals surface area contributed by atoms with Gasteiger partial charge in [-0.25, -0.2) is 12.8 Å². The van der Waals surface area contributed by atoms with Gasteiger partial charge < -0.3 is 5.73 Å². The predicted octanol–water partition coefficient (Wildman–Crippen LogP) is 4.04. The number of nitrogens with one attached hydrogen (secondary N) is 1. The van der Waals surface area contributed by atoms with Crippen molar-refractivity contribution in [2.24, 2.45) is 0 Å². The van der Waals surface area contributed by atoms with Crippen LogP contribution in [0.3, 0.4) is 0 Å². The first-order valence-electron chi connectivity index (χ1n) is 5.74. The molecule has 0 atom stereocenters. The van der Waals surface area contributed by atoms with Crippen molar-refractivity contribution in [3.05, 3.63) is 50.7 Å². The van der Waals surface area contributed by atoms with Crippen LogP contribution in [-0.2, 0) is 10.0 Å². The van der Waals surface area contributed by atoms with Gasteiger partial charge >= 0.3 is 0 Å². The molecule has 0 radical (unpaired) electrons. The second-order valence-electron chi connectivity index (χ2n) is 4.38. The highest BCUT2D eigenvalue weighted by Gasteiger charge is 2.22. The lowest BCUT2D eigenvalue weighted by molar-refractivity contribution is 0.565. The van der Waals surface area contributed by atoms with Crippen LogP contribution in [0.15, 0.2) is 44.2 Å². The van der Waals surface area contributed by atoms with Crippen LogP contribution in [-0.4, -0.2) is 8.42 Å². The number of nitrogen functional groups attached to an aromatic ring is 1. The van der Waals surface area contributed by atoms with Crippen LogP contribution in [0.4, 0.5) is 15.8 Å². The van der Waals surface area contributed by atoms with Gasteiger partial charge in [0.2, 0.25) is 0 Å². The Morgan fingerprint density at radius 2 is 1.86 bits per heavy atom. The van der Waals surface area contributed by atoms with Crippen LogP contribution < -0.4 is 10.5 Å². The van der Waals surface area contributed by atoms with Crippen molar-refractivity contribution >= 4 is 53.3 Å². The number of hydrogen-bond acceptors (Lipinski definition) is 3. The molecule has 2 aromatic carbocycles. The van der Waals surface area contributed by atoms with E-state index in [2.05, 4.69) is 36.6 Å². The molecule has 0 unspecified atom stereocenters. The van der Waals surface area contributed by atoms with Crippen molar-refractivity contribution in [1.82, 2.24) is 0 Å². The van der Waals surface area contributed by atoms with Gasteiger partial charge in [-0.2, -0.15) is 0 Å². The zero-order valence-electron chi connectivity index (χ0n) is 10.8. The van der Waals surface area contributed by atoms with Crippen molar-refractivity contribution in [2.45, 2.75) is 11.8 Å². The first-order valence-corrected chi connectivity index (χ1v) is 8.81. The second-order valence-corrected chi connectivity index (χ2v) is 7.80. The summed E-state index contributed by atoms with van der Waals surface area (Å²) in [6, 6.07) is 7.38. The van der Waals surface area contributed by atoms with E-state index in [1.807, 2.05) is 0 Å². The van der Waals surface area contributed by atoms with Crippen molar-refractivity contribution < 1.29 is 12.8 Å². The van der Waals surface area contributed by atoms with Crippen molar-refractivity contribution in [1.29, 1.82) is 0 Å². The van der Waals surface area contributed by atoms with E-state index in [4.69, 9.17) is 5.73 Å². The fourth-order valence-corrected chi connectivity index (χ4v) is 4.27. The van der Waals surface area contributed by atoms with Crippen LogP contribution in [0.2, 0.25) is 0 Å². The van der Waals surface area contributed by atoms with Crippen molar-refractivity contribution in [3.63, 3.8) is 0 Å². The Morgan fingerprint density at radius 3 is 2.48 bits per heavy atom. The Bertz CT molecular complexity index is 810. The molecular weight excluding hydrogens is 427 g/mol. The minimum Gasteiger partial charge on any atom is -0.399 e. The molecule has 0 fully saturated rings. The number of aryl methyl sites for hydroxylation is 1. The maximum absolute atomic E-state index is 14.1. The third-order valence-corrected chi connectivity index (χ3v) is 5.22.